The Balaban J connectivity index is 1.56. The van der Waals surface area contributed by atoms with E-state index in [1.165, 1.54) is 11.2 Å². The van der Waals surface area contributed by atoms with Crippen molar-refractivity contribution in [3.8, 4) is 17.2 Å². The smallest absolute Gasteiger partial charge is 0.296 e. The number of amides is 1. The largest absolute Gasteiger partial charge is 0.507 e. The van der Waals surface area contributed by atoms with Crippen molar-refractivity contribution in [1.29, 1.82) is 0 Å². The topological polar surface area (TPSA) is 98.4 Å². The van der Waals surface area contributed by atoms with E-state index < -0.39 is 17.7 Å². The average Bonchev–Trinajstić information content (AvgIpc) is 3.53. The molecule has 3 heterocycles. The van der Waals surface area contributed by atoms with Crippen LogP contribution in [-0.2, 0) is 16.1 Å². The molecular formula is C29H29NO7. The zero-order chi connectivity index (χ0) is 25.8. The Morgan fingerprint density at radius 1 is 1.03 bits per heavy atom. The molecule has 5 rings (SSSR count). The summed E-state index contributed by atoms with van der Waals surface area (Å²) in [5, 5.41) is 11.4. The minimum absolute atomic E-state index is 0.00336. The van der Waals surface area contributed by atoms with Gasteiger partial charge in [-0.2, -0.15) is 0 Å². The maximum atomic E-state index is 13.3. The van der Waals surface area contributed by atoms with E-state index in [4.69, 9.17) is 18.6 Å². The fourth-order valence-corrected chi connectivity index (χ4v) is 4.62. The first-order valence-electron chi connectivity index (χ1n) is 12.5. The molecule has 0 saturated carbocycles. The van der Waals surface area contributed by atoms with Gasteiger partial charge in [0, 0.05) is 5.56 Å². The second kappa shape index (κ2) is 10.8. The lowest BCUT2D eigenvalue weighted by Gasteiger charge is -2.25. The summed E-state index contributed by atoms with van der Waals surface area (Å²) in [6.07, 6.45) is 4.60. The van der Waals surface area contributed by atoms with Gasteiger partial charge in [0.1, 0.15) is 30.5 Å². The number of ether oxygens (including phenoxy) is 3. The summed E-state index contributed by atoms with van der Waals surface area (Å²) in [7, 11) is 0. The van der Waals surface area contributed by atoms with Crippen LogP contribution in [0.5, 0.6) is 17.2 Å². The van der Waals surface area contributed by atoms with Gasteiger partial charge in [-0.25, -0.2) is 0 Å². The Kier molecular flexibility index (Phi) is 7.16. The Labute approximate surface area is 215 Å². The number of carbonyl (C=O) groups is 2. The summed E-state index contributed by atoms with van der Waals surface area (Å²) < 4.78 is 22.6. The molecule has 0 bridgehead atoms. The van der Waals surface area contributed by atoms with Crippen LogP contribution in [-0.4, -0.2) is 41.5 Å². The molecule has 2 aliphatic heterocycles. The first-order chi connectivity index (χ1) is 18.1. The summed E-state index contributed by atoms with van der Waals surface area (Å²) in [6, 6.07) is 14.9. The molecule has 1 fully saturated rings. The molecule has 2 aromatic carbocycles. The Morgan fingerprint density at radius 2 is 1.86 bits per heavy atom. The van der Waals surface area contributed by atoms with Gasteiger partial charge < -0.3 is 28.6 Å². The first kappa shape index (κ1) is 24.5. The molecular weight excluding hydrogens is 474 g/mol. The van der Waals surface area contributed by atoms with E-state index >= 15 is 0 Å². The van der Waals surface area contributed by atoms with Crippen LogP contribution in [0.1, 0.15) is 49.1 Å². The normalized spacial score (nSPS) is 18.3. The van der Waals surface area contributed by atoms with Gasteiger partial charge in [0.05, 0.1) is 31.0 Å². The fourth-order valence-electron chi connectivity index (χ4n) is 4.62. The van der Waals surface area contributed by atoms with Gasteiger partial charge in [-0.3, -0.25) is 9.59 Å². The van der Waals surface area contributed by atoms with Gasteiger partial charge in [-0.15, -0.1) is 0 Å². The van der Waals surface area contributed by atoms with Crippen LogP contribution in [0.4, 0.5) is 0 Å². The predicted molar refractivity (Wildman–Crippen MR) is 135 cm³/mol. The molecule has 1 saturated heterocycles. The molecule has 3 aromatic rings. The number of benzene rings is 2. The number of furan rings is 1. The number of aliphatic hydroxyl groups is 1. The first-order valence-corrected chi connectivity index (χ1v) is 12.5. The zero-order valence-electron chi connectivity index (χ0n) is 20.6. The van der Waals surface area contributed by atoms with Gasteiger partial charge in [-0.1, -0.05) is 31.9 Å². The van der Waals surface area contributed by atoms with E-state index in [9.17, 15) is 14.7 Å². The van der Waals surface area contributed by atoms with Gasteiger partial charge in [0.2, 0.25) is 0 Å². The molecule has 192 valence electrons. The summed E-state index contributed by atoms with van der Waals surface area (Å²) in [5.41, 5.74) is 1.01. The van der Waals surface area contributed by atoms with E-state index in [0.29, 0.717) is 54.0 Å². The van der Waals surface area contributed by atoms with Gasteiger partial charge >= 0.3 is 0 Å². The van der Waals surface area contributed by atoms with Crippen LogP contribution >= 0.6 is 0 Å². The Morgan fingerprint density at radius 3 is 2.65 bits per heavy atom. The highest BCUT2D eigenvalue weighted by atomic mass is 16.6. The standard InChI is InChI=1S/C29H29NO7/c1-2-3-4-12-34-21-8-5-7-19(16-21)26-25(28(32)29(33)30(26)18-22-9-6-13-35-22)27(31)20-10-11-23-24(17-20)37-15-14-36-23/h5-11,13,16-17,26,31H,2-4,12,14-15,18H2,1H3/b27-25+/t26-/m1/s1. The highest BCUT2D eigenvalue weighted by Crippen LogP contribution is 2.42. The average molecular weight is 504 g/mol. The molecule has 8 nitrogen and oxygen atoms in total. The molecule has 0 radical (unpaired) electrons. The monoisotopic (exact) mass is 503 g/mol. The van der Waals surface area contributed by atoms with Crippen molar-refractivity contribution in [3.63, 3.8) is 0 Å². The molecule has 1 aromatic heterocycles. The maximum absolute atomic E-state index is 13.3. The van der Waals surface area contributed by atoms with E-state index in [1.54, 1.807) is 30.3 Å². The maximum Gasteiger partial charge on any atom is 0.296 e. The van der Waals surface area contributed by atoms with Crippen molar-refractivity contribution in [2.45, 2.75) is 38.8 Å². The van der Waals surface area contributed by atoms with Crippen molar-refractivity contribution in [3.05, 3.63) is 83.3 Å². The molecule has 1 atom stereocenters. The van der Waals surface area contributed by atoms with Gasteiger partial charge in [-0.05, 0) is 54.4 Å². The number of nitrogens with zero attached hydrogens (tertiary/aromatic N) is 1. The number of hydrogen-bond acceptors (Lipinski definition) is 7. The summed E-state index contributed by atoms with van der Waals surface area (Å²) in [4.78, 5) is 28.0. The van der Waals surface area contributed by atoms with Crippen molar-refractivity contribution >= 4 is 17.4 Å². The number of likely N-dealkylation sites (tertiary alicyclic amines) is 1. The number of fused-ring (bicyclic) bond motifs is 1. The van der Waals surface area contributed by atoms with Gasteiger partial charge in [0.25, 0.3) is 11.7 Å². The summed E-state index contributed by atoms with van der Waals surface area (Å²) in [5.74, 6) is 0.434. The van der Waals surface area contributed by atoms with Crippen LogP contribution in [0.3, 0.4) is 0 Å². The molecule has 0 spiro atoms. The molecule has 0 aliphatic carbocycles. The minimum Gasteiger partial charge on any atom is -0.507 e. The number of aliphatic hydroxyl groups excluding tert-OH is 1. The number of hydrogen-bond donors (Lipinski definition) is 1. The number of ketones is 1. The van der Waals surface area contributed by atoms with E-state index in [1.807, 2.05) is 24.3 Å². The summed E-state index contributed by atoms with van der Waals surface area (Å²) in [6.45, 7) is 3.59. The second-order valence-corrected chi connectivity index (χ2v) is 8.99. The van der Waals surface area contributed by atoms with Crippen LogP contribution in [0, 0.1) is 0 Å². The van der Waals surface area contributed by atoms with Crippen LogP contribution in [0.15, 0.2) is 70.9 Å². The molecule has 0 unspecified atom stereocenters. The number of Topliss-reactive ketones (excluding diaryl/α,β-unsaturated/α-hetero) is 1. The van der Waals surface area contributed by atoms with Crippen LogP contribution in [0.25, 0.3) is 5.76 Å². The second-order valence-electron chi connectivity index (χ2n) is 8.99. The highest BCUT2D eigenvalue weighted by molar-refractivity contribution is 6.46. The van der Waals surface area contributed by atoms with Crippen molar-refractivity contribution in [1.82, 2.24) is 4.90 Å². The third kappa shape index (κ3) is 5.05. The van der Waals surface area contributed by atoms with Crippen molar-refractivity contribution < 1.29 is 33.3 Å². The van der Waals surface area contributed by atoms with Crippen LogP contribution in [0.2, 0.25) is 0 Å². The third-order valence-corrected chi connectivity index (χ3v) is 6.45. The Bertz CT molecular complexity index is 1310. The van der Waals surface area contributed by atoms with E-state index in [-0.39, 0.29) is 17.9 Å². The number of unbranched alkanes of at least 4 members (excludes halogenated alkanes) is 2. The quantitative estimate of drug-likeness (QED) is 0.184. The lowest BCUT2D eigenvalue weighted by molar-refractivity contribution is -0.140. The van der Waals surface area contributed by atoms with E-state index in [2.05, 4.69) is 6.92 Å². The number of rotatable bonds is 9. The molecule has 8 heteroatoms. The minimum atomic E-state index is -0.836. The number of carbonyl (C=O) groups excluding carboxylic acids is 2. The SMILES string of the molecule is CCCCCOc1cccc([C@@H]2/C(=C(\O)c3ccc4c(c3)OCCO4)C(=O)C(=O)N2Cc2ccco2)c1. The fraction of sp³-hybridized carbons (Fsp3) is 0.310. The highest BCUT2D eigenvalue weighted by Gasteiger charge is 2.46. The zero-order valence-corrected chi connectivity index (χ0v) is 20.6. The van der Waals surface area contributed by atoms with Crippen LogP contribution < -0.4 is 14.2 Å². The molecule has 37 heavy (non-hydrogen) atoms. The third-order valence-electron chi connectivity index (χ3n) is 6.45. The lowest BCUT2D eigenvalue weighted by Crippen LogP contribution is -2.29. The van der Waals surface area contributed by atoms with E-state index in [0.717, 1.165) is 19.3 Å². The molecule has 1 N–H and O–H groups in total. The van der Waals surface area contributed by atoms with Crippen molar-refractivity contribution in [2.75, 3.05) is 19.8 Å². The molecule has 2 aliphatic rings. The Hall–Kier alpha value is -4.20. The molecule has 1 amide bonds. The van der Waals surface area contributed by atoms with Crippen molar-refractivity contribution in [2.24, 2.45) is 0 Å². The lowest BCUT2D eigenvalue weighted by atomic mass is 9.95. The van der Waals surface area contributed by atoms with Gasteiger partial charge in [0.15, 0.2) is 11.5 Å². The summed E-state index contributed by atoms with van der Waals surface area (Å²) >= 11 is 0. The predicted octanol–water partition coefficient (Wildman–Crippen LogP) is 5.24.